The van der Waals surface area contributed by atoms with Crippen molar-refractivity contribution in [3.05, 3.63) is 0 Å². The zero-order chi connectivity index (χ0) is 21.7. The van der Waals surface area contributed by atoms with Gasteiger partial charge in [-0.05, 0) is 6.42 Å². The average molecular weight is 425 g/mol. The third-order valence-corrected chi connectivity index (χ3v) is 3.82. The number of amides is 2. The Labute approximate surface area is 172 Å². The number of alkyl halides is 1. The maximum absolute atomic E-state index is 13.6. The maximum atomic E-state index is 13.6. The Kier molecular flexibility index (Phi) is 19.0. The molecule has 0 aliphatic carbocycles. The lowest BCUT2D eigenvalue weighted by Gasteiger charge is -2.13. The Hall–Kier alpha value is -1.33. The largest absolute Gasteiger partial charge is 0.377 e. The number of nitrogens with one attached hydrogen (secondary N) is 2. The molecule has 29 heavy (non-hydrogen) atoms. The maximum Gasteiger partial charge on any atom is 0.246 e. The van der Waals surface area contributed by atoms with E-state index < -0.39 is 6.17 Å². The Bertz CT molecular complexity index is 416. The van der Waals surface area contributed by atoms with Crippen LogP contribution in [-0.2, 0) is 33.3 Å². The van der Waals surface area contributed by atoms with Crippen LogP contribution in [0.15, 0.2) is 0 Å². The van der Waals surface area contributed by atoms with Crippen LogP contribution in [-0.4, -0.2) is 97.6 Å². The first-order chi connectivity index (χ1) is 14.0. The highest BCUT2D eigenvalue weighted by Gasteiger charge is 2.13. The van der Waals surface area contributed by atoms with E-state index in [9.17, 15) is 14.0 Å². The molecule has 0 aliphatic rings. The highest BCUT2D eigenvalue weighted by atomic mass is 19.1. The monoisotopic (exact) mass is 424 g/mol. The van der Waals surface area contributed by atoms with Gasteiger partial charge in [0.15, 0.2) is 0 Å². The van der Waals surface area contributed by atoms with Gasteiger partial charge in [0.25, 0.3) is 0 Å². The number of carbonyl (C=O) groups is 2. The SMILES string of the molecule is CCC(C)C(=O)NCC(F)COCCOCCOCCOCCNC(=O)COC. The molecule has 0 aromatic carbocycles. The van der Waals surface area contributed by atoms with Gasteiger partial charge in [-0.1, -0.05) is 13.8 Å². The van der Waals surface area contributed by atoms with Crippen molar-refractivity contribution >= 4 is 11.8 Å². The number of ether oxygens (including phenoxy) is 5. The molecule has 2 amide bonds. The lowest BCUT2D eigenvalue weighted by Crippen LogP contribution is -2.35. The van der Waals surface area contributed by atoms with Crippen LogP contribution in [0.1, 0.15) is 20.3 Å². The summed E-state index contributed by atoms with van der Waals surface area (Å²) in [6, 6.07) is 0. The number of hydrogen-bond donors (Lipinski definition) is 2. The summed E-state index contributed by atoms with van der Waals surface area (Å²) in [6.07, 6.45) is -0.512. The minimum atomic E-state index is -1.24. The molecular weight excluding hydrogens is 387 g/mol. The molecule has 0 saturated heterocycles. The van der Waals surface area contributed by atoms with Crippen molar-refractivity contribution in [2.45, 2.75) is 26.4 Å². The Morgan fingerprint density at radius 3 is 2.00 bits per heavy atom. The fourth-order valence-electron chi connectivity index (χ4n) is 1.95. The smallest absolute Gasteiger partial charge is 0.246 e. The average Bonchev–Trinajstić information content (AvgIpc) is 2.71. The fourth-order valence-corrected chi connectivity index (χ4v) is 1.95. The predicted octanol–water partition coefficient (Wildman–Crippen LogP) is 0.316. The number of hydrogen-bond acceptors (Lipinski definition) is 7. The van der Waals surface area contributed by atoms with Gasteiger partial charge in [-0.2, -0.15) is 0 Å². The Balaban J connectivity index is 3.27. The first-order valence-electron chi connectivity index (χ1n) is 9.99. The van der Waals surface area contributed by atoms with Crippen LogP contribution in [0.3, 0.4) is 0 Å². The highest BCUT2D eigenvalue weighted by molar-refractivity contribution is 5.78. The van der Waals surface area contributed by atoms with E-state index in [4.69, 9.17) is 18.9 Å². The second kappa shape index (κ2) is 20.0. The van der Waals surface area contributed by atoms with Crippen molar-refractivity contribution in [1.29, 1.82) is 0 Å². The van der Waals surface area contributed by atoms with E-state index in [1.807, 2.05) is 6.92 Å². The first kappa shape index (κ1) is 27.7. The Morgan fingerprint density at radius 1 is 0.897 bits per heavy atom. The lowest BCUT2D eigenvalue weighted by molar-refractivity contribution is -0.125. The van der Waals surface area contributed by atoms with Crippen molar-refractivity contribution < 1.29 is 37.7 Å². The van der Waals surface area contributed by atoms with E-state index in [0.717, 1.165) is 6.42 Å². The summed E-state index contributed by atoms with van der Waals surface area (Å²) >= 11 is 0. The molecule has 2 atom stereocenters. The van der Waals surface area contributed by atoms with Crippen molar-refractivity contribution in [3.63, 3.8) is 0 Å². The molecule has 2 unspecified atom stereocenters. The van der Waals surface area contributed by atoms with Crippen molar-refractivity contribution in [2.75, 3.05) is 79.7 Å². The van der Waals surface area contributed by atoms with E-state index in [2.05, 4.69) is 15.4 Å². The van der Waals surface area contributed by atoms with Gasteiger partial charge in [0.2, 0.25) is 11.8 Å². The first-order valence-corrected chi connectivity index (χ1v) is 9.99. The molecule has 0 fully saturated rings. The lowest BCUT2D eigenvalue weighted by atomic mass is 10.1. The molecule has 9 nitrogen and oxygen atoms in total. The van der Waals surface area contributed by atoms with Gasteiger partial charge in [0, 0.05) is 19.6 Å². The van der Waals surface area contributed by atoms with Crippen molar-refractivity contribution in [1.82, 2.24) is 10.6 Å². The van der Waals surface area contributed by atoms with E-state index in [-0.39, 0.29) is 44.1 Å². The van der Waals surface area contributed by atoms with Crippen LogP contribution >= 0.6 is 0 Å². The number of methoxy groups -OCH3 is 1. The molecule has 0 aromatic rings. The summed E-state index contributed by atoms with van der Waals surface area (Å²) in [7, 11) is 1.46. The fraction of sp³-hybridized carbons (Fsp3) is 0.895. The van der Waals surface area contributed by atoms with Gasteiger partial charge in [0.1, 0.15) is 12.8 Å². The minimum Gasteiger partial charge on any atom is -0.377 e. The predicted molar refractivity (Wildman–Crippen MR) is 106 cm³/mol. The molecule has 0 heterocycles. The van der Waals surface area contributed by atoms with Crippen LogP contribution in [0.2, 0.25) is 0 Å². The summed E-state index contributed by atoms with van der Waals surface area (Å²) in [4.78, 5) is 22.6. The number of rotatable bonds is 20. The van der Waals surface area contributed by atoms with Crippen LogP contribution < -0.4 is 10.6 Å². The van der Waals surface area contributed by atoms with Crippen LogP contribution in [0, 0.1) is 5.92 Å². The van der Waals surface area contributed by atoms with Crippen LogP contribution in [0.25, 0.3) is 0 Å². The molecule has 0 rings (SSSR count). The molecular formula is C19H37FN2O7. The Morgan fingerprint density at radius 2 is 1.45 bits per heavy atom. The second-order valence-electron chi connectivity index (χ2n) is 6.35. The topological polar surface area (TPSA) is 104 Å². The third kappa shape index (κ3) is 18.4. The van der Waals surface area contributed by atoms with Gasteiger partial charge >= 0.3 is 0 Å². The van der Waals surface area contributed by atoms with Crippen LogP contribution in [0.4, 0.5) is 4.39 Å². The van der Waals surface area contributed by atoms with Gasteiger partial charge in [-0.15, -0.1) is 0 Å². The second-order valence-corrected chi connectivity index (χ2v) is 6.35. The van der Waals surface area contributed by atoms with E-state index in [0.29, 0.717) is 46.2 Å². The quantitative estimate of drug-likeness (QED) is 0.271. The zero-order valence-corrected chi connectivity index (χ0v) is 17.9. The summed E-state index contributed by atoms with van der Waals surface area (Å²) in [5.41, 5.74) is 0. The molecule has 2 N–H and O–H groups in total. The molecule has 0 aliphatic heterocycles. The normalized spacial score (nSPS) is 13.1. The van der Waals surface area contributed by atoms with Crippen molar-refractivity contribution in [3.8, 4) is 0 Å². The minimum absolute atomic E-state index is 0.0408. The van der Waals surface area contributed by atoms with Gasteiger partial charge in [-0.3, -0.25) is 9.59 Å². The molecule has 0 bridgehead atoms. The van der Waals surface area contributed by atoms with Crippen LogP contribution in [0.5, 0.6) is 0 Å². The third-order valence-electron chi connectivity index (χ3n) is 3.82. The van der Waals surface area contributed by atoms with E-state index >= 15 is 0 Å². The molecule has 172 valence electrons. The summed E-state index contributed by atoms with van der Waals surface area (Å²) in [6.45, 7) is 6.76. The molecule has 0 radical (unpaired) electrons. The highest BCUT2D eigenvalue weighted by Crippen LogP contribution is 2.00. The van der Waals surface area contributed by atoms with Gasteiger partial charge in [0.05, 0.1) is 59.4 Å². The number of halogens is 1. The van der Waals surface area contributed by atoms with E-state index in [1.54, 1.807) is 6.92 Å². The summed E-state index contributed by atoms with van der Waals surface area (Å²) in [5.74, 6) is -0.430. The molecule has 0 saturated carbocycles. The number of carbonyl (C=O) groups excluding carboxylic acids is 2. The molecule has 0 aromatic heterocycles. The molecule has 10 heteroatoms. The summed E-state index contributed by atoms with van der Waals surface area (Å²) in [5, 5.41) is 5.21. The standard InChI is InChI=1S/C19H37FN2O7/c1-4-16(2)19(24)22-13-17(20)14-29-12-11-28-10-9-27-8-7-26-6-5-21-18(23)15-25-3/h16-17H,4-15H2,1-3H3,(H,21,23)(H,22,24). The van der Waals surface area contributed by atoms with E-state index in [1.165, 1.54) is 7.11 Å². The van der Waals surface area contributed by atoms with Gasteiger partial charge < -0.3 is 34.3 Å². The zero-order valence-electron chi connectivity index (χ0n) is 17.9. The summed E-state index contributed by atoms with van der Waals surface area (Å²) < 4.78 is 39.4. The molecule has 0 spiro atoms. The van der Waals surface area contributed by atoms with Gasteiger partial charge in [-0.25, -0.2) is 4.39 Å². The van der Waals surface area contributed by atoms with Crippen molar-refractivity contribution in [2.24, 2.45) is 5.92 Å².